The van der Waals surface area contributed by atoms with E-state index in [1.807, 2.05) is 83.8 Å². The SMILES string of the molecule is CC1(C)CC(=O)C2=C(C1)Nc1ccccc1N(C(=O)Cc1ccccc1)[C@@H]2c1ccc(Br)cc1. The van der Waals surface area contributed by atoms with Crippen LogP contribution in [0.15, 0.2) is 94.6 Å². The summed E-state index contributed by atoms with van der Waals surface area (Å²) in [6, 6.07) is 25.1. The molecule has 0 bridgehead atoms. The number of halogens is 1. The standard InChI is InChI=1S/C29H27BrN2O2/c1-29(2)17-23-27(25(33)18-29)28(20-12-14-21(30)15-13-20)32(24-11-7-6-10-22(24)31-23)26(34)16-19-8-4-3-5-9-19/h3-15,28,31H,16-18H2,1-2H3/t28-/m1/s1. The zero-order valence-electron chi connectivity index (χ0n) is 19.3. The van der Waals surface area contributed by atoms with Crippen LogP contribution in [0.5, 0.6) is 0 Å². The molecule has 3 aromatic rings. The molecule has 2 aliphatic rings. The highest BCUT2D eigenvalue weighted by Crippen LogP contribution is 2.48. The Morgan fingerprint density at radius 3 is 2.38 bits per heavy atom. The number of amides is 1. The highest BCUT2D eigenvalue weighted by Gasteiger charge is 2.43. The minimum atomic E-state index is -0.501. The van der Waals surface area contributed by atoms with Crippen LogP contribution < -0.4 is 10.2 Å². The fraction of sp³-hybridized carbons (Fsp3) is 0.241. The van der Waals surface area contributed by atoms with Gasteiger partial charge in [-0.05, 0) is 47.2 Å². The number of benzene rings is 3. The number of ketones is 1. The predicted molar refractivity (Wildman–Crippen MR) is 140 cm³/mol. The third-order valence-electron chi connectivity index (χ3n) is 6.55. The summed E-state index contributed by atoms with van der Waals surface area (Å²) in [6.45, 7) is 4.25. The first-order valence-corrected chi connectivity index (χ1v) is 12.4. The van der Waals surface area contributed by atoms with Gasteiger partial charge in [-0.2, -0.15) is 0 Å². The summed E-state index contributed by atoms with van der Waals surface area (Å²) in [5.74, 6) is 0.0525. The van der Waals surface area contributed by atoms with E-state index in [0.717, 1.165) is 39.1 Å². The van der Waals surface area contributed by atoms with Crippen molar-refractivity contribution in [3.63, 3.8) is 0 Å². The lowest BCUT2D eigenvalue weighted by molar-refractivity contribution is -0.119. The van der Waals surface area contributed by atoms with Gasteiger partial charge < -0.3 is 5.32 Å². The summed E-state index contributed by atoms with van der Waals surface area (Å²) in [4.78, 5) is 29.5. The van der Waals surface area contributed by atoms with Crippen LogP contribution in [0, 0.1) is 5.41 Å². The minimum Gasteiger partial charge on any atom is -0.357 e. The Hall–Kier alpha value is -3.18. The second kappa shape index (κ2) is 8.88. The van der Waals surface area contributed by atoms with Crippen LogP contribution in [-0.4, -0.2) is 11.7 Å². The lowest BCUT2D eigenvalue weighted by Crippen LogP contribution is -2.40. The summed E-state index contributed by atoms with van der Waals surface area (Å²) in [5.41, 5.74) is 4.96. The maximum absolute atomic E-state index is 14.0. The van der Waals surface area contributed by atoms with Crippen LogP contribution in [0.3, 0.4) is 0 Å². The predicted octanol–water partition coefficient (Wildman–Crippen LogP) is 6.83. The van der Waals surface area contributed by atoms with Crippen molar-refractivity contribution in [3.8, 4) is 0 Å². The van der Waals surface area contributed by atoms with Gasteiger partial charge >= 0.3 is 0 Å². The molecule has 1 atom stereocenters. The molecule has 0 aromatic heterocycles. The van der Waals surface area contributed by atoms with Gasteiger partial charge in [-0.15, -0.1) is 0 Å². The molecule has 3 aromatic carbocycles. The lowest BCUT2D eigenvalue weighted by Gasteiger charge is -2.37. The van der Waals surface area contributed by atoms with Gasteiger partial charge in [0.05, 0.1) is 23.8 Å². The first-order valence-electron chi connectivity index (χ1n) is 11.6. The van der Waals surface area contributed by atoms with Crippen molar-refractivity contribution in [1.82, 2.24) is 0 Å². The molecule has 0 saturated heterocycles. The fourth-order valence-electron chi connectivity index (χ4n) is 5.08. The van der Waals surface area contributed by atoms with E-state index in [1.165, 1.54) is 0 Å². The summed E-state index contributed by atoms with van der Waals surface area (Å²) in [6.07, 6.45) is 1.46. The molecule has 0 spiro atoms. The van der Waals surface area contributed by atoms with Gasteiger partial charge in [0.15, 0.2) is 5.78 Å². The smallest absolute Gasteiger partial charge is 0.232 e. The van der Waals surface area contributed by atoms with E-state index < -0.39 is 6.04 Å². The topological polar surface area (TPSA) is 49.4 Å². The van der Waals surface area contributed by atoms with Crippen molar-refractivity contribution in [2.24, 2.45) is 5.41 Å². The number of Topliss-reactive ketones (excluding diaryl/α,β-unsaturated/α-hetero) is 1. The third kappa shape index (κ3) is 4.32. The van der Waals surface area contributed by atoms with Crippen molar-refractivity contribution >= 4 is 39.0 Å². The number of rotatable bonds is 3. The molecule has 1 aliphatic heterocycles. The molecule has 5 rings (SSSR count). The van der Waals surface area contributed by atoms with Crippen molar-refractivity contribution in [2.45, 2.75) is 39.2 Å². The zero-order valence-corrected chi connectivity index (χ0v) is 20.9. The highest BCUT2D eigenvalue weighted by atomic mass is 79.9. The molecule has 1 aliphatic carbocycles. The second-order valence-electron chi connectivity index (χ2n) is 9.86. The van der Waals surface area contributed by atoms with Crippen molar-refractivity contribution < 1.29 is 9.59 Å². The number of carbonyl (C=O) groups excluding carboxylic acids is 2. The number of nitrogens with zero attached hydrogens (tertiary/aromatic N) is 1. The van der Waals surface area contributed by atoms with Gasteiger partial charge in [-0.1, -0.05) is 84.4 Å². The minimum absolute atomic E-state index is 0.0419. The summed E-state index contributed by atoms with van der Waals surface area (Å²) in [5, 5.41) is 3.56. The molecule has 34 heavy (non-hydrogen) atoms. The molecule has 1 N–H and O–H groups in total. The number of nitrogens with one attached hydrogen (secondary N) is 1. The first kappa shape index (κ1) is 22.6. The Balaban J connectivity index is 1.72. The van der Waals surface area contributed by atoms with Gasteiger partial charge in [-0.3, -0.25) is 14.5 Å². The lowest BCUT2D eigenvalue weighted by atomic mass is 9.73. The van der Waals surface area contributed by atoms with Crippen LogP contribution >= 0.6 is 15.9 Å². The zero-order chi connectivity index (χ0) is 23.9. The summed E-state index contributed by atoms with van der Waals surface area (Å²) < 4.78 is 0.955. The number of para-hydroxylation sites is 2. The van der Waals surface area contributed by atoms with Crippen molar-refractivity contribution in [3.05, 3.63) is 106 Å². The molecular weight excluding hydrogens is 488 g/mol. The molecule has 0 radical (unpaired) electrons. The Labute approximate surface area is 208 Å². The van der Waals surface area contributed by atoms with Crippen LogP contribution in [0.2, 0.25) is 0 Å². The van der Waals surface area contributed by atoms with E-state index in [2.05, 4.69) is 35.1 Å². The van der Waals surface area contributed by atoms with Crippen LogP contribution in [0.4, 0.5) is 11.4 Å². The van der Waals surface area contributed by atoms with Gasteiger partial charge in [-0.25, -0.2) is 0 Å². The number of allylic oxidation sites excluding steroid dienone is 1. The number of hydrogen-bond acceptors (Lipinski definition) is 3. The van der Waals surface area contributed by atoms with E-state index in [4.69, 9.17) is 0 Å². The molecule has 4 nitrogen and oxygen atoms in total. The van der Waals surface area contributed by atoms with Crippen LogP contribution in [0.1, 0.15) is 43.9 Å². The molecular formula is C29H27BrN2O2. The Kier molecular flexibility index (Phi) is 5.90. The van der Waals surface area contributed by atoms with E-state index in [-0.39, 0.29) is 23.5 Å². The average Bonchev–Trinajstić information content (AvgIpc) is 2.94. The first-order chi connectivity index (χ1) is 16.3. The van der Waals surface area contributed by atoms with Crippen molar-refractivity contribution in [2.75, 3.05) is 10.2 Å². The van der Waals surface area contributed by atoms with E-state index in [0.29, 0.717) is 12.0 Å². The van der Waals surface area contributed by atoms with E-state index in [9.17, 15) is 9.59 Å². The Morgan fingerprint density at radius 2 is 1.65 bits per heavy atom. The molecule has 1 heterocycles. The van der Waals surface area contributed by atoms with Gasteiger partial charge in [0.1, 0.15) is 0 Å². The van der Waals surface area contributed by atoms with E-state index in [1.54, 1.807) is 0 Å². The largest absolute Gasteiger partial charge is 0.357 e. The third-order valence-corrected chi connectivity index (χ3v) is 7.08. The summed E-state index contributed by atoms with van der Waals surface area (Å²) in [7, 11) is 0. The Bertz CT molecular complexity index is 1280. The van der Waals surface area contributed by atoms with E-state index >= 15 is 0 Å². The van der Waals surface area contributed by atoms with Gasteiger partial charge in [0, 0.05) is 22.2 Å². The quantitative estimate of drug-likeness (QED) is 0.416. The van der Waals surface area contributed by atoms with Gasteiger partial charge in [0.25, 0.3) is 0 Å². The normalized spacial score (nSPS) is 19.1. The number of carbonyl (C=O) groups is 2. The molecule has 0 saturated carbocycles. The Morgan fingerprint density at radius 1 is 0.971 bits per heavy atom. The van der Waals surface area contributed by atoms with Crippen molar-refractivity contribution in [1.29, 1.82) is 0 Å². The number of fused-ring (bicyclic) bond motifs is 1. The molecule has 172 valence electrons. The maximum atomic E-state index is 14.0. The van der Waals surface area contributed by atoms with Gasteiger partial charge in [0.2, 0.25) is 5.91 Å². The highest BCUT2D eigenvalue weighted by molar-refractivity contribution is 9.10. The number of hydrogen-bond donors (Lipinski definition) is 1. The monoisotopic (exact) mass is 514 g/mol. The van der Waals surface area contributed by atoms with Crippen LogP contribution in [-0.2, 0) is 16.0 Å². The second-order valence-corrected chi connectivity index (χ2v) is 10.8. The molecule has 1 amide bonds. The van der Waals surface area contributed by atoms with Crippen LogP contribution in [0.25, 0.3) is 0 Å². The molecule has 0 unspecified atom stereocenters. The number of anilines is 2. The maximum Gasteiger partial charge on any atom is 0.232 e. The summed E-state index contributed by atoms with van der Waals surface area (Å²) >= 11 is 3.52. The fourth-order valence-corrected chi connectivity index (χ4v) is 5.34. The molecule has 0 fully saturated rings. The average molecular weight is 515 g/mol. The molecule has 5 heteroatoms.